The van der Waals surface area contributed by atoms with Crippen LogP contribution in [0, 0.1) is 10.1 Å². The van der Waals surface area contributed by atoms with E-state index in [1.807, 2.05) is 48.5 Å². The Morgan fingerprint density at radius 2 is 1.70 bits per heavy atom. The van der Waals surface area contributed by atoms with Crippen molar-refractivity contribution in [3.63, 3.8) is 0 Å². The molecule has 30 heavy (non-hydrogen) atoms. The first-order chi connectivity index (χ1) is 14.6. The molecule has 7 nitrogen and oxygen atoms in total. The van der Waals surface area contributed by atoms with Crippen LogP contribution in [-0.4, -0.2) is 23.7 Å². The highest BCUT2D eigenvalue weighted by molar-refractivity contribution is 5.83. The van der Waals surface area contributed by atoms with Crippen molar-refractivity contribution >= 4 is 23.9 Å². The molecule has 0 fully saturated rings. The van der Waals surface area contributed by atoms with Gasteiger partial charge >= 0.3 is 0 Å². The lowest BCUT2D eigenvalue weighted by Gasteiger charge is -2.10. The summed E-state index contributed by atoms with van der Waals surface area (Å²) in [4.78, 5) is 22.5. The van der Waals surface area contributed by atoms with E-state index in [4.69, 9.17) is 4.74 Å². The molecule has 3 rings (SSSR count). The Morgan fingerprint density at radius 1 is 1.00 bits per heavy atom. The zero-order valence-corrected chi connectivity index (χ0v) is 16.0. The number of para-hydroxylation sites is 2. The topological polar surface area (TPSA) is 93.8 Å². The number of nitro benzene ring substituents is 1. The van der Waals surface area contributed by atoms with Gasteiger partial charge in [-0.25, -0.2) is 5.43 Å². The molecule has 0 unspecified atom stereocenters. The second-order valence-electron chi connectivity index (χ2n) is 6.14. The van der Waals surface area contributed by atoms with Crippen molar-refractivity contribution in [3.8, 4) is 16.9 Å². The molecule has 0 bridgehead atoms. The lowest BCUT2D eigenvalue weighted by Crippen LogP contribution is -2.24. The third-order valence-electron chi connectivity index (χ3n) is 4.09. The second-order valence-corrected chi connectivity index (χ2v) is 6.14. The van der Waals surface area contributed by atoms with Gasteiger partial charge in [-0.15, -0.1) is 0 Å². The number of allylic oxidation sites excluding steroid dienone is 1. The van der Waals surface area contributed by atoms with Crippen LogP contribution in [0.1, 0.15) is 5.56 Å². The molecule has 1 amide bonds. The summed E-state index contributed by atoms with van der Waals surface area (Å²) in [6, 6.07) is 23.6. The van der Waals surface area contributed by atoms with E-state index >= 15 is 0 Å². The van der Waals surface area contributed by atoms with Crippen molar-refractivity contribution in [3.05, 3.63) is 101 Å². The highest BCUT2D eigenvalue weighted by atomic mass is 16.6. The standard InChI is InChI=1S/C23H19N3O4/c27-23(25-24-16-8-12-19-11-4-6-14-21(19)26(28)29)17-30-22-15-7-5-13-20(22)18-9-2-1-3-10-18/h1-16H,17H2,(H,25,27)/b12-8+,24-16-. The lowest BCUT2D eigenvalue weighted by molar-refractivity contribution is -0.385. The fraction of sp³-hybridized carbons (Fsp3) is 0.0435. The van der Waals surface area contributed by atoms with Gasteiger partial charge in [0.25, 0.3) is 11.6 Å². The van der Waals surface area contributed by atoms with Crippen LogP contribution in [0.2, 0.25) is 0 Å². The smallest absolute Gasteiger partial charge is 0.277 e. The highest BCUT2D eigenvalue weighted by Gasteiger charge is 2.09. The molecular formula is C23H19N3O4. The number of carbonyl (C=O) groups is 1. The predicted molar refractivity (Wildman–Crippen MR) is 116 cm³/mol. The molecule has 3 aromatic carbocycles. The van der Waals surface area contributed by atoms with Gasteiger partial charge in [-0.1, -0.05) is 60.7 Å². The van der Waals surface area contributed by atoms with Crippen molar-refractivity contribution in [2.24, 2.45) is 5.10 Å². The quantitative estimate of drug-likeness (QED) is 0.343. The Labute approximate surface area is 173 Å². The van der Waals surface area contributed by atoms with Gasteiger partial charge in [0.2, 0.25) is 0 Å². The molecule has 3 aromatic rings. The number of benzene rings is 3. The first kappa shape index (κ1) is 20.5. The van der Waals surface area contributed by atoms with Gasteiger partial charge in [0.1, 0.15) is 5.75 Å². The first-order valence-electron chi connectivity index (χ1n) is 9.14. The molecule has 7 heteroatoms. The maximum atomic E-state index is 12.0. The Balaban J connectivity index is 1.53. The summed E-state index contributed by atoms with van der Waals surface area (Å²) in [5.41, 5.74) is 4.68. The average molecular weight is 401 g/mol. The number of nitro groups is 1. The van der Waals surface area contributed by atoms with Crippen LogP contribution in [0.15, 0.2) is 90.0 Å². The summed E-state index contributed by atoms with van der Waals surface area (Å²) in [7, 11) is 0. The number of carbonyl (C=O) groups excluding carboxylic acids is 1. The third-order valence-corrected chi connectivity index (χ3v) is 4.09. The number of nitrogens with one attached hydrogen (secondary N) is 1. The van der Waals surface area contributed by atoms with E-state index in [9.17, 15) is 14.9 Å². The molecule has 0 atom stereocenters. The molecule has 0 aliphatic carbocycles. The Kier molecular flexibility index (Phi) is 7.05. The predicted octanol–water partition coefficient (Wildman–Crippen LogP) is 4.46. The van der Waals surface area contributed by atoms with Gasteiger partial charge in [0, 0.05) is 17.8 Å². The van der Waals surface area contributed by atoms with Crippen LogP contribution >= 0.6 is 0 Å². The molecule has 0 radical (unpaired) electrons. The van der Waals surface area contributed by atoms with Crippen LogP contribution in [0.25, 0.3) is 17.2 Å². The maximum Gasteiger partial charge on any atom is 0.277 e. The van der Waals surface area contributed by atoms with E-state index in [1.54, 1.807) is 30.3 Å². The Bertz CT molecular complexity index is 1080. The molecule has 0 aliphatic rings. The molecule has 0 saturated carbocycles. The lowest BCUT2D eigenvalue weighted by atomic mass is 10.1. The van der Waals surface area contributed by atoms with E-state index in [-0.39, 0.29) is 12.3 Å². The normalized spacial score (nSPS) is 10.9. The van der Waals surface area contributed by atoms with Gasteiger partial charge in [-0.3, -0.25) is 14.9 Å². The van der Waals surface area contributed by atoms with E-state index in [0.717, 1.165) is 11.1 Å². The van der Waals surface area contributed by atoms with Crippen molar-refractivity contribution in [2.45, 2.75) is 0 Å². The number of nitrogens with zero attached hydrogens (tertiary/aromatic N) is 2. The summed E-state index contributed by atoms with van der Waals surface area (Å²) < 4.78 is 5.64. The minimum atomic E-state index is -0.455. The van der Waals surface area contributed by atoms with Crippen LogP contribution in [0.3, 0.4) is 0 Å². The van der Waals surface area contributed by atoms with E-state index in [2.05, 4.69) is 10.5 Å². The fourth-order valence-electron chi connectivity index (χ4n) is 2.72. The van der Waals surface area contributed by atoms with Crippen molar-refractivity contribution in [2.75, 3.05) is 6.61 Å². The Morgan fingerprint density at radius 3 is 2.50 bits per heavy atom. The number of hydrogen-bond acceptors (Lipinski definition) is 5. The van der Waals surface area contributed by atoms with Gasteiger partial charge in [-0.2, -0.15) is 5.10 Å². The second kappa shape index (κ2) is 10.3. The number of ether oxygens (including phenoxy) is 1. The number of amides is 1. The largest absolute Gasteiger partial charge is 0.483 e. The number of rotatable bonds is 8. The summed E-state index contributed by atoms with van der Waals surface area (Å²) in [5, 5.41) is 14.8. The molecule has 0 spiro atoms. The van der Waals surface area contributed by atoms with Gasteiger partial charge in [-0.05, 0) is 29.8 Å². The van der Waals surface area contributed by atoms with E-state index in [0.29, 0.717) is 11.3 Å². The molecule has 0 saturated heterocycles. The molecular weight excluding hydrogens is 382 g/mol. The van der Waals surface area contributed by atoms with Crippen LogP contribution in [0.4, 0.5) is 5.69 Å². The van der Waals surface area contributed by atoms with Gasteiger partial charge < -0.3 is 4.74 Å². The molecule has 0 heterocycles. The van der Waals surface area contributed by atoms with Gasteiger partial charge in [0.15, 0.2) is 6.61 Å². The molecule has 1 N–H and O–H groups in total. The average Bonchev–Trinajstić information content (AvgIpc) is 2.78. The zero-order chi connectivity index (χ0) is 21.2. The van der Waals surface area contributed by atoms with Gasteiger partial charge in [0.05, 0.1) is 10.5 Å². The van der Waals surface area contributed by atoms with E-state index < -0.39 is 10.8 Å². The van der Waals surface area contributed by atoms with Crippen LogP contribution in [0.5, 0.6) is 5.75 Å². The summed E-state index contributed by atoms with van der Waals surface area (Å²) in [5.74, 6) is 0.173. The minimum absolute atomic E-state index is 0.00309. The monoisotopic (exact) mass is 401 g/mol. The Hall–Kier alpha value is -4.26. The number of hydrogen-bond donors (Lipinski definition) is 1. The summed E-state index contributed by atoms with van der Waals surface area (Å²) in [6.45, 7) is -0.199. The zero-order valence-electron chi connectivity index (χ0n) is 16.0. The third kappa shape index (κ3) is 5.62. The van der Waals surface area contributed by atoms with Crippen LogP contribution < -0.4 is 10.2 Å². The van der Waals surface area contributed by atoms with Crippen molar-refractivity contribution in [1.29, 1.82) is 0 Å². The highest BCUT2D eigenvalue weighted by Crippen LogP contribution is 2.29. The van der Waals surface area contributed by atoms with E-state index in [1.165, 1.54) is 18.4 Å². The maximum absolute atomic E-state index is 12.0. The molecule has 150 valence electrons. The first-order valence-corrected chi connectivity index (χ1v) is 9.14. The number of hydrazone groups is 1. The van der Waals surface area contributed by atoms with Crippen molar-refractivity contribution in [1.82, 2.24) is 5.43 Å². The molecule has 0 aromatic heterocycles. The minimum Gasteiger partial charge on any atom is -0.483 e. The summed E-state index contributed by atoms with van der Waals surface area (Å²) in [6.07, 6.45) is 4.39. The SMILES string of the molecule is O=C(COc1ccccc1-c1ccccc1)N/N=C\C=C\c1ccccc1[N+](=O)[O-]. The van der Waals surface area contributed by atoms with Crippen LogP contribution in [-0.2, 0) is 4.79 Å². The molecule has 0 aliphatic heterocycles. The summed E-state index contributed by atoms with van der Waals surface area (Å²) >= 11 is 0. The van der Waals surface area contributed by atoms with Crippen molar-refractivity contribution < 1.29 is 14.5 Å². The fourth-order valence-corrected chi connectivity index (χ4v) is 2.72.